The van der Waals surface area contributed by atoms with Crippen molar-refractivity contribution in [3.05, 3.63) is 11.3 Å². The molecule has 0 bridgehead atoms. The molecule has 0 fully saturated rings. The van der Waals surface area contributed by atoms with Gasteiger partial charge in [0.05, 0.1) is 13.0 Å². The molecule has 0 spiro atoms. The third-order valence-electron chi connectivity index (χ3n) is 2.44. The van der Waals surface area contributed by atoms with Gasteiger partial charge < -0.3 is 14.6 Å². The van der Waals surface area contributed by atoms with E-state index in [4.69, 9.17) is 14.6 Å². The van der Waals surface area contributed by atoms with E-state index in [2.05, 4.69) is 0 Å². The molecule has 86 valence electrons. The Morgan fingerprint density at radius 1 is 1.44 bits per heavy atom. The monoisotopic (exact) mass is 226 g/mol. The predicted octanol–water partition coefficient (Wildman–Crippen LogP) is 0.0201. The maximum atomic E-state index is 11.6. The molecule has 0 saturated heterocycles. The summed E-state index contributed by atoms with van der Waals surface area (Å²) in [6, 6.07) is 0. The molecule has 0 radical (unpaired) electrons. The summed E-state index contributed by atoms with van der Waals surface area (Å²) in [4.78, 5) is 33.5. The number of carbonyl (C=O) groups is 3. The van der Waals surface area contributed by atoms with E-state index < -0.39 is 18.0 Å². The van der Waals surface area contributed by atoms with E-state index in [1.54, 1.807) is 0 Å². The van der Waals surface area contributed by atoms with Crippen molar-refractivity contribution >= 4 is 17.7 Å². The fourth-order valence-corrected chi connectivity index (χ4v) is 1.75. The van der Waals surface area contributed by atoms with Crippen LogP contribution in [0.25, 0.3) is 0 Å². The number of carboxylic acids is 1. The Labute approximate surface area is 90.8 Å². The van der Waals surface area contributed by atoms with Gasteiger partial charge in [0.15, 0.2) is 17.6 Å². The van der Waals surface area contributed by atoms with Crippen LogP contribution in [0, 0.1) is 0 Å². The molecule has 0 aromatic rings. The molecule has 2 aliphatic rings. The highest BCUT2D eigenvalue weighted by Gasteiger charge is 2.41. The number of hydrogen-bond donors (Lipinski definition) is 1. The van der Waals surface area contributed by atoms with Crippen molar-refractivity contribution in [2.24, 2.45) is 0 Å². The second-order valence-electron chi connectivity index (χ2n) is 3.61. The normalized spacial score (nSPS) is 24.6. The maximum absolute atomic E-state index is 11.6. The Bertz CT molecular complexity index is 394. The summed E-state index contributed by atoms with van der Waals surface area (Å²) in [6.07, 6.45) is -0.577. The third kappa shape index (κ3) is 1.78. The molecule has 0 aromatic heterocycles. The second kappa shape index (κ2) is 3.96. The molecule has 1 N–H and O–H groups in total. The van der Waals surface area contributed by atoms with Gasteiger partial charge in [-0.25, -0.2) is 4.79 Å². The molecule has 1 unspecified atom stereocenters. The number of rotatable bonds is 2. The van der Waals surface area contributed by atoms with Crippen LogP contribution in [0.5, 0.6) is 0 Å². The number of carboxylic acid groups (broad SMARTS) is 1. The number of hydrogen-bond acceptors (Lipinski definition) is 5. The van der Waals surface area contributed by atoms with Crippen LogP contribution in [0.2, 0.25) is 0 Å². The van der Waals surface area contributed by atoms with E-state index in [0.717, 1.165) is 0 Å². The van der Waals surface area contributed by atoms with E-state index in [9.17, 15) is 14.4 Å². The van der Waals surface area contributed by atoms with Gasteiger partial charge in [0.25, 0.3) is 0 Å². The standard InChI is InChI=1S/C10H10O6/c11-5-2-1-3-15-9-6(4-7(12)13)16-10(14)8(5)9/h6H,1-4H2,(H,12,13). The molecular weight excluding hydrogens is 216 g/mol. The minimum atomic E-state index is -1.10. The quantitative estimate of drug-likeness (QED) is 0.527. The van der Waals surface area contributed by atoms with Gasteiger partial charge in [-0.3, -0.25) is 9.59 Å². The fraction of sp³-hybridized carbons (Fsp3) is 0.500. The number of aliphatic carboxylic acids is 1. The minimum Gasteiger partial charge on any atom is -0.493 e. The van der Waals surface area contributed by atoms with Crippen molar-refractivity contribution in [3.63, 3.8) is 0 Å². The zero-order valence-electron chi connectivity index (χ0n) is 8.39. The first-order chi connectivity index (χ1) is 7.59. The Balaban J connectivity index is 2.30. The molecule has 0 saturated carbocycles. The van der Waals surface area contributed by atoms with Crippen LogP contribution in [0.3, 0.4) is 0 Å². The molecular formula is C10H10O6. The summed E-state index contributed by atoms with van der Waals surface area (Å²) in [6.45, 7) is 0.303. The van der Waals surface area contributed by atoms with Crippen molar-refractivity contribution < 1.29 is 29.0 Å². The highest BCUT2D eigenvalue weighted by atomic mass is 16.6. The average Bonchev–Trinajstić information content (AvgIpc) is 2.39. The molecule has 16 heavy (non-hydrogen) atoms. The van der Waals surface area contributed by atoms with Gasteiger partial charge in [0.1, 0.15) is 5.57 Å². The Kier molecular flexibility index (Phi) is 2.64. The zero-order chi connectivity index (χ0) is 11.7. The highest BCUT2D eigenvalue weighted by molar-refractivity contribution is 6.19. The summed E-state index contributed by atoms with van der Waals surface area (Å²) in [5, 5.41) is 8.63. The second-order valence-corrected chi connectivity index (χ2v) is 3.61. The van der Waals surface area contributed by atoms with Crippen molar-refractivity contribution in [1.82, 2.24) is 0 Å². The molecule has 2 heterocycles. The number of cyclic esters (lactones) is 1. The first kappa shape index (κ1) is 10.7. The molecule has 1 atom stereocenters. The predicted molar refractivity (Wildman–Crippen MR) is 49.4 cm³/mol. The topological polar surface area (TPSA) is 89.9 Å². The summed E-state index contributed by atoms with van der Waals surface area (Å²) in [5.74, 6) is -2.11. The average molecular weight is 226 g/mol. The van der Waals surface area contributed by atoms with Crippen LogP contribution in [0.15, 0.2) is 11.3 Å². The van der Waals surface area contributed by atoms with E-state index in [1.165, 1.54) is 0 Å². The fourth-order valence-electron chi connectivity index (χ4n) is 1.75. The molecule has 2 aliphatic heterocycles. The lowest BCUT2D eigenvalue weighted by Crippen LogP contribution is -2.18. The van der Waals surface area contributed by atoms with Crippen LogP contribution in [-0.4, -0.2) is 35.5 Å². The van der Waals surface area contributed by atoms with Crippen molar-refractivity contribution in [1.29, 1.82) is 0 Å². The largest absolute Gasteiger partial charge is 0.493 e. The third-order valence-corrected chi connectivity index (χ3v) is 2.44. The summed E-state index contributed by atoms with van der Waals surface area (Å²) in [5.41, 5.74) is -0.108. The maximum Gasteiger partial charge on any atom is 0.346 e. The van der Waals surface area contributed by atoms with Gasteiger partial charge in [-0.05, 0) is 6.42 Å². The lowest BCUT2D eigenvalue weighted by molar-refractivity contribution is -0.146. The van der Waals surface area contributed by atoms with Crippen LogP contribution >= 0.6 is 0 Å². The smallest absolute Gasteiger partial charge is 0.346 e. The molecule has 0 aromatic carbocycles. The summed E-state index contributed by atoms with van der Waals surface area (Å²) < 4.78 is 10.0. The first-order valence-corrected chi connectivity index (χ1v) is 4.92. The number of ether oxygens (including phenoxy) is 2. The summed E-state index contributed by atoms with van der Waals surface area (Å²) in [7, 11) is 0. The lowest BCUT2D eigenvalue weighted by atomic mass is 10.1. The van der Waals surface area contributed by atoms with Gasteiger partial charge in [-0.15, -0.1) is 0 Å². The molecule has 0 aliphatic carbocycles. The van der Waals surface area contributed by atoms with E-state index in [1.807, 2.05) is 0 Å². The van der Waals surface area contributed by atoms with Crippen molar-refractivity contribution in [3.8, 4) is 0 Å². The Hall–Kier alpha value is -1.85. The number of Topliss-reactive ketones (excluding diaryl/α,β-unsaturated/α-hetero) is 1. The first-order valence-electron chi connectivity index (χ1n) is 4.92. The molecule has 6 nitrogen and oxygen atoms in total. The lowest BCUT2D eigenvalue weighted by Gasteiger charge is -2.11. The zero-order valence-corrected chi connectivity index (χ0v) is 8.39. The van der Waals surface area contributed by atoms with Crippen molar-refractivity contribution in [2.75, 3.05) is 6.61 Å². The van der Waals surface area contributed by atoms with Crippen molar-refractivity contribution in [2.45, 2.75) is 25.4 Å². The van der Waals surface area contributed by atoms with Gasteiger partial charge in [-0.2, -0.15) is 0 Å². The number of carbonyl (C=O) groups excluding carboxylic acids is 2. The van der Waals surface area contributed by atoms with Gasteiger partial charge in [0.2, 0.25) is 0 Å². The van der Waals surface area contributed by atoms with Gasteiger partial charge in [0, 0.05) is 6.42 Å². The Morgan fingerprint density at radius 3 is 2.88 bits per heavy atom. The van der Waals surface area contributed by atoms with E-state index >= 15 is 0 Å². The summed E-state index contributed by atoms with van der Waals surface area (Å²) >= 11 is 0. The van der Waals surface area contributed by atoms with E-state index in [-0.39, 0.29) is 30.0 Å². The van der Waals surface area contributed by atoms with Gasteiger partial charge in [-0.1, -0.05) is 0 Å². The molecule has 6 heteroatoms. The Morgan fingerprint density at radius 2 is 2.19 bits per heavy atom. The van der Waals surface area contributed by atoms with E-state index in [0.29, 0.717) is 13.0 Å². The minimum absolute atomic E-state index is 0.0925. The van der Waals surface area contributed by atoms with Gasteiger partial charge >= 0.3 is 11.9 Å². The molecule has 0 amide bonds. The number of ketones is 1. The van der Waals surface area contributed by atoms with Crippen LogP contribution in [-0.2, 0) is 23.9 Å². The highest BCUT2D eigenvalue weighted by Crippen LogP contribution is 2.29. The molecule has 2 rings (SSSR count). The van der Waals surface area contributed by atoms with Crippen LogP contribution < -0.4 is 0 Å². The van der Waals surface area contributed by atoms with Crippen LogP contribution in [0.4, 0.5) is 0 Å². The van der Waals surface area contributed by atoms with Crippen LogP contribution in [0.1, 0.15) is 19.3 Å². The SMILES string of the molecule is O=C(O)CC1OC(=O)C2=C1OCCCC2=O. The number of esters is 1.